The molecule has 0 N–H and O–H groups in total. The van der Waals surface area contributed by atoms with Crippen LogP contribution in [0.4, 0.5) is 0 Å². The average molecular weight is 219 g/mol. The molecule has 0 aromatic heterocycles. The first-order chi connectivity index (χ1) is 6.00. The molecule has 1 rings (SSSR count). The van der Waals surface area contributed by atoms with Gasteiger partial charge in [0, 0.05) is 4.47 Å². The van der Waals surface area contributed by atoms with Crippen molar-refractivity contribution in [1.29, 1.82) is 5.26 Å². The van der Waals surface area contributed by atoms with Gasteiger partial charge in [-0.25, -0.2) is 0 Å². The maximum absolute atomic E-state index is 8.60. The van der Waals surface area contributed by atoms with E-state index in [0.717, 1.165) is 0 Å². The van der Waals surface area contributed by atoms with Gasteiger partial charge in [0.15, 0.2) is 0 Å². The highest BCUT2D eigenvalue weighted by Crippen LogP contribution is 2.19. The minimum atomic E-state index is -0.254. The SMILES string of the molecule is [2H]c1c([2H])c(C#N)c(Cl)c([2H])c1Br. The van der Waals surface area contributed by atoms with Crippen molar-refractivity contribution in [3.05, 3.63) is 33.2 Å². The molecule has 0 aliphatic rings. The number of benzene rings is 1. The Bertz CT molecular complexity index is 384. The van der Waals surface area contributed by atoms with E-state index in [1.165, 1.54) is 0 Å². The fourth-order valence-electron chi connectivity index (χ4n) is 0.439. The third-order valence-corrected chi connectivity index (χ3v) is 1.53. The number of rotatable bonds is 0. The Morgan fingerprint density at radius 1 is 1.70 bits per heavy atom. The Morgan fingerprint density at radius 2 is 2.40 bits per heavy atom. The molecule has 1 aromatic carbocycles. The highest BCUT2D eigenvalue weighted by atomic mass is 79.9. The van der Waals surface area contributed by atoms with Crippen LogP contribution in [0.2, 0.25) is 5.02 Å². The van der Waals surface area contributed by atoms with Crippen molar-refractivity contribution in [1.82, 2.24) is 0 Å². The first kappa shape index (κ1) is 4.38. The highest BCUT2D eigenvalue weighted by molar-refractivity contribution is 9.10. The third kappa shape index (κ3) is 1.50. The Kier molecular flexibility index (Phi) is 1.33. The van der Waals surface area contributed by atoms with Crippen molar-refractivity contribution in [2.45, 2.75) is 0 Å². The summed E-state index contributed by atoms with van der Waals surface area (Å²) in [6.07, 6.45) is 0. The maximum atomic E-state index is 8.60. The molecule has 10 heavy (non-hydrogen) atoms. The molecule has 0 bridgehead atoms. The van der Waals surface area contributed by atoms with Crippen LogP contribution in [0.25, 0.3) is 0 Å². The molecular weight excluding hydrogens is 213 g/mol. The number of halogens is 2. The molecule has 0 fully saturated rings. The molecule has 0 saturated heterocycles. The zero-order valence-electron chi connectivity index (χ0n) is 7.70. The van der Waals surface area contributed by atoms with Crippen molar-refractivity contribution in [3.63, 3.8) is 0 Å². The lowest BCUT2D eigenvalue weighted by atomic mass is 10.2. The summed E-state index contributed by atoms with van der Waals surface area (Å²) in [7, 11) is 0. The van der Waals surface area contributed by atoms with Crippen LogP contribution in [0.5, 0.6) is 0 Å². The van der Waals surface area contributed by atoms with Crippen LogP contribution >= 0.6 is 27.5 Å². The first-order valence-corrected chi connectivity index (χ1v) is 3.52. The van der Waals surface area contributed by atoms with Gasteiger partial charge in [-0.15, -0.1) is 0 Å². The fourth-order valence-corrected chi connectivity index (χ4v) is 1.03. The van der Waals surface area contributed by atoms with Crippen LogP contribution in [-0.4, -0.2) is 0 Å². The van der Waals surface area contributed by atoms with E-state index >= 15 is 0 Å². The van der Waals surface area contributed by atoms with Gasteiger partial charge in [0.2, 0.25) is 0 Å². The largest absolute Gasteiger partial charge is 0.192 e. The van der Waals surface area contributed by atoms with E-state index in [9.17, 15) is 0 Å². The van der Waals surface area contributed by atoms with E-state index in [2.05, 4.69) is 15.9 Å². The Balaban J connectivity index is 3.69. The number of nitriles is 1. The van der Waals surface area contributed by atoms with E-state index in [4.69, 9.17) is 21.0 Å². The summed E-state index contributed by atoms with van der Waals surface area (Å²) < 4.78 is 22.3. The summed E-state index contributed by atoms with van der Waals surface area (Å²) in [6.45, 7) is 0. The molecule has 0 aliphatic carbocycles. The molecule has 0 unspecified atom stereocenters. The quantitative estimate of drug-likeness (QED) is 0.658. The van der Waals surface area contributed by atoms with Crippen molar-refractivity contribution in [2.24, 2.45) is 0 Å². The molecule has 1 nitrogen and oxygen atoms in total. The normalized spacial score (nSPS) is 13.1. The predicted molar refractivity (Wildman–Crippen MR) is 43.9 cm³/mol. The van der Waals surface area contributed by atoms with Crippen molar-refractivity contribution in [3.8, 4) is 6.07 Å². The zero-order chi connectivity index (χ0) is 10.2. The van der Waals surface area contributed by atoms with Crippen molar-refractivity contribution < 1.29 is 4.11 Å². The van der Waals surface area contributed by atoms with Gasteiger partial charge in [-0.2, -0.15) is 5.26 Å². The molecule has 0 atom stereocenters. The monoisotopic (exact) mass is 218 g/mol. The smallest absolute Gasteiger partial charge is 0.101 e. The van der Waals surface area contributed by atoms with E-state index in [-0.39, 0.29) is 33.2 Å². The molecular formula is C7H3BrClN. The predicted octanol–water partition coefficient (Wildman–Crippen LogP) is 2.97. The van der Waals surface area contributed by atoms with Gasteiger partial charge >= 0.3 is 0 Å². The van der Waals surface area contributed by atoms with Crippen molar-refractivity contribution >= 4 is 27.5 Å². The summed E-state index contributed by atoms with van der Waals surface area (Å²) in [5, 5.41) is 8.52. The second-order valence-electron chi connectivity index (χ2n) is 1.49. The van der Waals surface area contributed by atoms with E-state index in [1.807, 2.05) is 0 Å². The molecule has 50 valence electrons. The molecule has 0 radical (unpaired) electrons. The summed E-state index contributed by atoms with van der Waals surface area (Å²) >= 11 is 8.59. The molecule has 0 heterocycles. The number of hydrogen-bond acceptors (Lipinski definition) is 1. The Hall–Kier alpha value is -0.520. The molecule has 0 spiro atoms. The highest BCUT2D eigenvalue weighted by Gasteiger charge is 1.97. The second-order valence-corrected chi connectivity index (χ2v) is 2.66. The maximum Gasteiger partial charge on any atom is 0.101 e. The lowest BCUT2D eigenvalue weighted by Crippen LogP contribution is -1.74. The van der Waals surface area contributed by atoms with E-state index < -0.39 is 0 Å². The van der Waals surface area contributed by atoms with Crippen LogP contribution < -0.4 is 0 Å². The lowest BCUT2D eigenvalue weighted by molar-refractivity contribution is 1.48. The fraction of sp³-hybridized carbons (Fsp3) is 0. The van der Waals surface area contributed by atoms with Gasteiger partial charge in [-0.05, 0) is 18.1 Å². The molecule has 1 aromatic rings. The topological polar surface area (TPSA) is 23.8 Å². The zero-order valence-corrected chi connectivity index (χ0v) is 7.05. The van der Waals surface area contributed by atoms with Crippen LogP contribution in [0.15, 0.2) is 22.6 Å². The Morgan fingerprint density at radius 3 is 3.00 bits per heavy atom. The molecule has 3 heteroatoms. The Labute approximate surface area is 76.6 Å². The summed E-state index contributed by atoms with van der Waals surface area (Å²) in [5.74, 6) is 0. The van der Waals surface area contributed by atoms with Crippen molar-refractivity contribution in [2.75, 3.05) is 0 Å². The van der Waals surface area contributed by atoms with E-state index in [1.54, 1.807) is 6.07 Å². The van der Waals surface area contributed by atoms with Gasteiger partial charge in [-0.3, -0.25) is 0 Å². The van der Waals surface area contributed by atoms with Crippen LogP contribution in [0.3, 0.4) is 0 Å². The van der Waals surface area contributed by atoms with Gasteiger partial charge in [0.05, 0.1) is 14.7 Å². The standard InChI is InChI=1S/C7H3BrClN/c8-6-2-1-5(4-10)7(9)3-6/h1-3H/i1D,2D,3D. The summed E-state index contributed by atoms with van der Waals surface area (Å²) in [4.78, 5) is 0. The summed E-state index contributed by atoms with van der Waals surface area (Å²) in [5.41, 5.74) is -0.125. The lowest BCUT2D eigenvalue weighted by Gasteiger charge is -1.92. The minimum absolute atomic E-state index is 0.0876. The molecule has 0 aliphatic heterocycles. The molecule has 0 saturated carbocycles. The number of hydrogen-bond donors (Lipinski definition) is 0. The van der Waals surface area contributed by atoms with Gasteiger partial charge in [0.1, 0.15) is 6.07 Å². The third-order valence-electron chi connectivity index (χ3n) is 0.848. The molecule has 0 amide bonds. The van der Waals surface area contributed by atoms with Gasteiger partial charge < -0.3 is 0 Å². The van der Waals surface area contributed by atoms with Gasteiger partial charge in [0.25, 0.3) is 0 Å². The van der Waals surface area contributed by atoms with E-state index in [0.29, 0.717) is 0 Å². The minimum Gasteiger partial charge on any atom is -0.192 e. The second kappa shape index (κ2) is 3.05. The average Bonchev–Trinajstić information content (AvgIpc) is 2.13. The summed E-state index contributed by atoms with van der Waals surface area (Å²) in [6, 6.07) is 1.12. The van der Waals surface area contributed by atoms with Crippen LogP contribution in [0, 0.1) is 11.3 Å². The number of nitrogens with zero attached hydrogens (tertiary/aromatic N) is 1. The van der Waals surface area contributed by atoms with Crippen LogP contribution in [0.1, 0.15) is 9.68 Å². The van der Waals surface area contributed by atoms with Crippen LogP contribution in [-0.2, 0) is 0 Å². The first-order valence-electron chi connectivity index (χ1n) is 3.85. The van der Waals surface area contributed by atoms with Gasteiger partial charge in [-0.1, -0.05) is 27.5 Å².